The average molecular weight is 211 g/mol. The monoisotopic (exact) mass is 211 g/mol. The smallest absolute Gasteiger partial charge is 0 e. The van der Waals surface area contributed by atoms with E-state index in [1.165, 1.54) is 0 Å². The van der Waals surface area contributed by atoms with E-state index in [2.05, 4.69) is 0 Å². The molecule has 0 amide bonds. The van der Waals surface area contributed by atoms with Gasteiger partial charge in [-0.2, -0.15) is 0 Å². The molecular formula is H17BNaO10. The van der Waals surface area contributed by atoms with E-state index >= 15 is 0 Å². The van der Waals surface area contributed by atoms with E-state index in [0.29, 0.717) is 0 Å². The SMILES string of the molecule is O.O.O.O.O.O.O.O.O=BO.[Na]. The number of rotatable bonds is 0. The summed E-state index contributed by atoms with van der Waals surface area (Å²) in [6.07, 6.45) is 0. The maximum atomic E-state index is 8.36. The van der Waals surface area contributed by atoms with Crippen LogP contribution in [0.3, 0.4) is 0 Å². The normalized spacial score (nSPS) is 0.667. The molecule has 0 spiro atoms. The standard InChI is InChI=1S/BHO2.Na.8H2O/c2-1-3;;;;;;;;;/h2H;;8*1H2. The third-order valence-corrected chi connectivity index (χ3v) is 0. The Morgan fingerprint density at radius 2 is 0.667 bits per heavy atom. The van der Waals surface area contributed by atoms with Crippen molar-refractivity contribution < 1.29 is 53.5 Å². The van der Waals surface area contributed by atoms with Crippen molar-refractivity contribution in [1.82, 2.24) is 0 Å². The molecule has 12 heteroatoms. The van der Waals surface area contributed by atoms with E-state index < -0.39 is 0 Å². The largest absolute Gasteiger partial charge is 0 e. The molecule has 17 N–H and O–H groups in total. The summed E-state index contributed by atoms with van der Waals surface area (Å²) in [5.74, 6) is 0. The van der Waals surface area contributed by atoms with E-state index in [0.717, 1.165) is 0 Å². The van der Waals surface area contributed by atoms with Gasteiger partial charge in [-0.3, -0.25) is 0 Å². The third-order valence-electron chi connectivity index (χ3n) is 0. The van der Waals surface area contributed by atoms with Gasteiger partial charge in [0.15, 0.2) is 0 Å². The average Bonchev–Trinajstić information content (AvgIpc) is 0.918. The van der Waals surface area contributed by atoms with Gasteiger partial charge in [0, 0.05) is 29.6 Å². The summed E-state index contributed by atoms with van der Waals surface area (Å²) < 4.78 is 8.36. The summed E-state index contributed by atoms with van der Waals surface area (Å²) in [7, 11) is -0.250. The van der Waals surface area contributed by atoms with Crippen LogP contribution in [0.4, 0.5) is 0 Å². The Morgan fingerprint density at radius 1 is 0.667 bits per heavy atom. The van der Waals surface area contributed by atoms with Crippen LogP contribution in [0.5, 0.6) is 0 Å². The molecule has 0 heterocycles. The van der Waals surface area contributed by atoms with E-state index in [-0.39, 0.29) is 80.7 Å². The van der Waals surface area contributed by atoms with E-state index in [1.54, 1.807) is 0 Å². The molecule has 0 saturated heterocycles. The van der Waals surface area contributed by atoms with Crippen molar-refractivity contribution in [2.75, 3.05) is 0 Å². The molecule has 1 radical (unpaired) electrons. The molecule has 12 heavy (non-hydrogen) atoms. The summed E-state index contributed by atoms with van der Waals surface area (Å²) in [6, 6.07) is 0. The van der Waals surface area contributed by atoms with E-state index in [4.69, 9.17) is 9.73 Å². The van der Waals surface area contributed by atoms with Crippen LogP contribution in [-0.2, 0) is 4.70 Å². The Hall–Kier alpha value is 0.345. The van der Waals surface area contributed by atoms with Crippen LogP contribution < -0.4 is 0 Å². The van der Waals surface area contributed by atoms with Crippen molar-refractivity contribution in [3.8, 4) is 0 Å². The first-order valence-electron chi connectivity index (χ1n) is 0.494. The van der Waals surface area contributed by atoms with Crippen molar-refractivity contribution >= 4 is 36.9 Å². The second-order valence-corrected chi connectivity index (χ2v) is 0.105. The fourth-order valence-electron chi connectivity index (χ4n) is 0. The van der Waals surface area contributed by atoms with Gasteiger partial charge in [0.1, 0.15) is 0 Å². The zero-order valence-corrected chi connectivity index (χ0v) is 8.43. The van der Waals surface area contributed by atoms with Crippen molar-refractivity contribution in [3.63, 3.8) is 0 Å². The Bertz CT molecular complexity index is 17.3. The summed E-state index contributed by atoms with van der Waals surface area (Å²) in [5, 5.41) is 6.89. The maximum absolute atomic E-state index is 8.36. The Balaban J connectivity index is -0.000000000556. The molecule has 0 saturated carbocycles. The quantitative estimate of drug-likeness (QED) is 0.381. The predicted molar refractivity (Wildman–Crippen MR) is 43.3 cm³/mol. The fourth-order valence-corrected chi connectivity index (χ4v) is 0. The minimum Gasteiger partial charge on any atom is 0 e. The van der Waals surface area contributed by atoms with Crippen molar-refractivity contribution in [1.29, 1.82) is 0 Å². The Labute approximate surface area is 90.6 Å². The van der Waals surface area contributed by atoms with Gasteiger partial charge in [0.2, 0.25) is 0 Å². The molecule has 0 aliphatic rings. The Kier molecular flexibility index (Phi) is 16200. The molecule has 10 nitrogen and oxygen atoms in total. The molecule has 0 rings (SSSR count). The first-order valence-corrected chi connectivity index (χ1v) is 0.494. The van der Waals surface area contributed by atoms with Crippen LogP contribution in [-0.4, -0.2) is 85.7 Å². The molecule has 81 valence electrons. The maximum Gasteiger partial charge on any atom is 0 e. The van der Waals surface area contributed by atoms with Crippen LogP contribution in [0.15, 0.2) is 0 Å². The van der Waals surface area contributed by atoms with E-state index in [1.807, 2.05) is 0 Å². The number of hydrogen-bond donors (Lipinski definition) is 1. The molecule has 0 unspecified atom stereocenters. The van der Waals surface area contributed by atoms with Crippen molar-refractivity contribution in [2.45, 2.75) is 0 Å². The fraction of sp³-hybridized carbons (Fsp3) is 0. The molecule has 0 aromatic carbocycles. The van der Waals surface area contributed by atoms with Gasteiger partial charge in [0.05, 0.1) is 0 Å². The minimum atomic E-state index is -0.250. The van der Waals surface area contributed by atoms with Gasteiger partial charge in [-0.1, -0.05) is 0 Å². The zero-order valence-electron chi connectivity index (χ0n) is 6.43. The molecule has 0 aromatic heterocycles. The summed E-state index contributed by atoms with van der Waals surface area (Å²) in [5.41, 5.74) is 0. The minimum absolute atomic E-state index is 0. The van der Waals surface area contributed by atoms with Gasteiger partial charge in [-0.15, -0.1) is 0 Å². The first kappa shape index (κ1) is 289. The van der Waals surface area contributed by atoms with Crippen LogP contribution in [0.1, 0.15) is 0 Å². The zero-order chi connectivity index (χ0) is 2.71. The third kappa shape index (κ3) is 7590. The molecular weight excluding hydrogens is 194 g/mol. The summed E-state index contributed by atoms with van der Waals surface area (Å²) in [4.78, 5) is 0. The van der Waals surface area contributed by atoms with Crippen LogP contribution >= 0.6 is 0 Å². The first-order chi connectivity index (χ1) is 1.41. The van der Waals surface area contributed by atoms with Crippen LogP contribution in [0.25, 0.3) is 0 Å². The van der Waals surface area contributed by atoms with Gasteiger partial charge in [0.25, 0.3) is 0 Å². The molecule has 0 aliphatic heterocycles. The van der Waals surface area contributed by atoms with Crippen molar-refractivity contribution in [3.05, 3.63) is 0 Å². The topological polar surface area (TPSA) is 289 Å². The predicted octanol–water partition coefficient (Wildman–Crippen LogP) is -8.03. The molecule has 0 fully saturated rings. The number of hydrogen-bond acceptors (Lipinski definition) is 1. The summed E-state index contributed by atoms with van der Waals surface area (Å²) in [6.45, 7) is 0. The van der Waals surface area contributed by atoms with Crippen molar-refractivity contribution in [2.24, 2.45) is 0 Å². The van der Waals surface area contributed by atoms with E-state index in [9.17, 15) is 0 Å². The Morgan fingerprint density at radius 3 is 0.667 bits per heavy atom. The van der Waals surface area contributed by atoms with Gasteiger partial charge in [-0.25, -0.2) is 0 Å². The second kappa shape index (κ2) is 671. The molecule has 0 aliphatic carbocycles. The van der Waals surface area contributed by atoms with Gasteiger partial charge in [-0.05, 0) is 0 Å². The second-order valence-electron chi connectivity index (χ2n) is 0.105. The van der Waals surface area contributed by atoms with Gasteiger partial charge < -0.3 is 43.8 Å². The van der Waals surface area contributed by atoms with Crippen LogP contribution in [0, 0.1) is 0 Å². The summed E-state index contributed by atoms with van der Waals surface area (Å²) >= 11 is 0. The molecule has 0 bridgehead atoms. The van der Waals surface area contributed by atoms with Gasteiger partial charge >= 0.3 is 17.1 Å². The van der Waals surface area contributed by atoms with Crippen LogP contribution in [0.2, 0.25) is 0 Å². The molecule has 0 aromatic rings. The molecule has 0 atom stereocenters.